The lowest BCUT2D eigenvalue weighted by Crippen LogP contribution is -2.09. The molecule has 0 N–H and O–H groups in total. The van der Waals surface area contributed by atoms with Gasteiger partial charge in [0.15, 0.2) is 0 Å². The van der Waals surface area contributed by atoms with Gasteiger partial charge in [-0.1, -0.05) is 26.0 Å². The summed E-state index contributed by atoms with van der Waals surface area (Å²) < 4.78 is 12.8. The highest BCUT2D eigenvalue weighted by Crippen LogP contribution is 2.52. The van der Waals surface area contributed by atoms with E-state index in [1.165, 1.54) is 24.8 Å². The van der Waals surface area contributed by atoms with Crippen LogP contribution in [0.4, 0.5) is 4.39 Å². The molecule has 1 aromatic rings. The van der Waals surface area contributed by atoms with Crippen LogP contribution in [0.5, 0.6) is 0 Å². The van der Waals surface area contributed by atoms with Crippen LogP contribution in [0.1, 0.15) is 38.7 Å². The molecule has 1 aromatic carbocycles. The Morgan fingerprint density at radius 3 is 2.21 bits per heavy atom. The van der Waals surface area contributed by atoms with Crippen molar-refractivity contribution in [3.05, 3.63) is 35.6 Å². The van der Waals surface area contributed by atoms with E-state index in [2.05, 4.69) is 13.8 Å². The summed E-state index contributed by atoms with van der Waals surface area (Å²) >= 11 is 0. The van der Waals surface area contributed by atoms with E-state index in [1.807, 2.05) is 12.1 Å². The van der Waals surface area contributed by atoms with Crippen molar-refractivity contribution in [1.82, 2.24) is 0 Å². The molecule has 1 heteroatoms. The fourth-order valence-corrected chi connectivity index (χ4v) is 2.35. The quantitative estimate of drug-likeness (QED) is 0.681. The van der Waals surface area contributed by atoms with E-state index in [1.54, 1.807) is 12.1 Å². The number of rotatable bonds is 3. The third-order valence-corrected chi connectivity index (χ3v) is 3.11. The first kappa shape index (κ1) is 9.70. The molecule has 0 nitrogen and oxygen atoms in total. The molecule has 14 heavy (non-hydrogen) atoms. The summed E-state index contributed by atoms with van der Waals surface area (Å²) in [6.45, 7) is 4.51. The highest BCUT2D eigenvalue weighted by Gasteiger charge is 2.44. The maximum absolute atomic E-state index is 12.8. The average molecular weight is 192 g/mol. The van der Waals surface area contributed by atoms with Gasteiger partial charge < -0.3 is 0 Å². The minimum atomic E-state index is -0.130. The molecule has 0 bridgehead atoms. The normalized spacial score (nSPS) is 18.6. The van der Waals surface area contributed by atoms with E-state index < -0.39 is 0 Å². The maximum atomic E-state index is 12.8. The van der Waals surface area contributed by atoms with Crippen LogP contribution in [0.25, 0.3) is 0 Å². The minimum Gasteiger partial charge on any atom is -0.207 e. The van der Waals surface area contributed by atoms with Gasteiger partial charge in [0, 0.05) is 0 Å². The molecule has 0 radical (unpaired) electrons. The van der Waals surface area contributed by atoms with E-state index in [0.29, 0.717) is 5.41 Å². The van der Waals surface area contributed by atoms with Crippen molar-refractivity contribution in [3.63, 3.8) is 0 Å². The lowest BCUT2D eigenvalue weighted by Gasteiger charge is -2.17. The van der Waals surface area contributed by atoms with Gasteiger partial charge >= 0.3 is 0 Å². The number of hydrogen-bond acceptors (Lipinski definition) is 0. The van der Waals surface area contributed by atoms with Gasteiger partial charge in [0.05, 0.1) is 0 Å². The number of hydrogen-bond donors (Lipinski definition) is 0. The predicted molar refractivity (Wildman–Crippen MR) is 56.8 cm³/mol. The first-order valence-electron chi connectivity index (χ1n) is 5.38. The summed E-state index contributed by atoms with van der Waals surface area (Å²) in [6.07, 6.45) is 3.78. The van der Waals surface area contributed by atoms with Crippen LogP contribution in [0.15, 0.2) is 24.3 Å². The summed E-state index contributed by atoms with van der Waals surface area (Å²) in [5.41, 5.74) is 1.72. The van der Waals surface area contributed by atoms with E-state index in [9.17, 15) is 4.39 Å². The molecule has 0 amide bonds. The fraction of sp³-hybridized carbons (Fsp3) is 0.538. The van der Waals surface area contributed by atoms with Gasteiger partial charge in [0.2, 0.25) is 0 Å². The van der Waals surface area contributed by atoms with Gasteiger partial charge in [-0.25, -0.2) is 4.39 Å². The van der Waals surface area contributed by atoms with Crippen LogP contribution in [0, 0.1) is 11.7 Å². The van der Waals surface area contributed by atoms with E-state index >= 15 is 0 Å². The molecule has 0 aromatic heterocycles. The summed E-state index contributed by atoms with van der Waals surface area (Å²) in [7, 11) is 0. The summed E-state index contributed by atoms with van der Waals surface area (Å²) in [5, 5.41) is 0. The van der Waals surface area contributed by atoms with Crippen molar-refractivity contribution < 1.29 is 4.39 Å². The summed E-state index contributed by atoms with van der Waals surface area (Å²) in [5.74, 6) is 0.594. The fourth-order valence-electron chi connectivity index (χ4n) is 2.35. The van der Waals surface area contributed by atoms with Gasteiger partial charge in [-0.05, 0) is 48.3 Å². The molecule has 1 aliphatic rings. The Morgan fingerprint density at radius 1 is 1.21 bits per heavy atom. The largest absolute Gasteiger partial charge is 0.207 e. The zero-order chi connectivity index (χ0) is 10.2. The Labute approximate surface area is 85.1 Å². The summed E-state index contributed by atoms with van der Waals surface area (Å²) in [4.78, 5) is 0. The van der Waals surface area contributed by atoms with Crippen LogP contribution in [0.2, 0.25) is 0 Å². The van der Waals surface area contributed by atoms with Gasteiger partial charge in [-0.2, -0.15) is 0 Å². The van der Waals surface area contributed by atoms with Crippen molar-refractivity contribution in [2.24, 2.45) is 5.92 Å². The van der Waals surface area contributed by atoms with Crippen LogP contribution >= 0.6 is 0 Å². The third-order valence-electron chi connectivity index (χ3n) is 3.11. The van der Waals surface area contributed by atoms with Crippen molar-refractivity contribution in [3.8, 4) is 0 Å². The van der Waals surface area contributed by atoms with Crippen LogP contribution in [-0.4, -0.2) is 0 Å². The molecule has 1 saturated carbocycles. The Balaban J connectivity index is 2.18. The highest BCUT2D eigenvalue weighted by molar-refractivity contribution is 5.31. The first-order valence-corrected chi connectivity index (χ1v) is 5.38. The smallest absolute Gasteiger partial charge is 0.123 e. The highest BCUT2D eigenvalue weighted by atomic mass is 19.1. The van der Waals surface area contributed by atoms with E-state index in [0.717, 1.165) is 5.92 Å². The predicted octanol–water partition coefficient (Wildman–Crippen LogP) is 3.90. The van der Waals surface area contributed by atoms with Crippen molar-refractivity contribution in [2.45, 2.75) is 38.5 Å². The van der Waals surface area contributed by atoms with Gasteiger partial charge in [0.25, 0.3) is 0 Å². The van der Waals surface area contributed by atoms with Crippen LogP contribution in [-0.2, 0) is 5.41 Å². The lowest BCUT2D eigenvalue weighted by molar-refractivity contribution is 0.486. The van der Waals surface area contributed by atoms with Gasteiger partial charge in [-0.15, -0.1) is 0 Å². The molecular weight excluding hydrogens is 175 g/mol. The monoisotopic (exact) mass is 192 g/mol. The Hall–Kier alpha value is -0.850. The van der Waals surface area contributed by atoms with Crippen LogP contribution in [0.3, 0.4) is 0 Å². The second-order valence-corrected chi connectivity index (χ2v) is 4.89. The van der Waals surface area contributed by atoms with Gasteiger partial charge in [-0.3, -0.25) is 0 Å². The van der Waals surface area contributed by atoms with Crippen LogP contribution < -0.4 is 0 Å². The standard InChI is InChI=1S/C13H17F/c1-10(2)9-13(7-8-13)11-3-5-12(14)6-4-11/h3-6,10H,7-9H2,1-2H3. The van der Waals surface area contributed by atoms with Crippen molar-refractivity contribution >= 4 is 0 Å². The molecule has 0 aliphatic heterocycles. The maximum Gasteiger partial charge on any atom is 0.123 e. The molecular formula is C13H17F. The molecule has 1 fully saturated rings. The molecule has 1 aliphatic carbocycles. The Bertz CT molecular complexity index is 307. The van der Waals surface area contributed by atoms with Crippen molar-refractivity contribution in [2.75, 3.05) is 0 Å². The zero-order valence-corrected chi connectivity index (χ0v) is 8.89. The summed E-state index contributed by atoms with van der Waals surface area (Å²) in [6, 6.07) is 7.06. The molecule has 0 atom stereocenters. The second-order valence-electron chi connectivity index (χ2n) is 4.89. The molecule has 0 heterocycles. The molecule has 0 spiro atoms. The Kier molecular flexibility index (Phi) is 2.34. The average Bonchev–Trinajstić information content (AvgIpc) is 2.85. The number of halogens is 1. The molecule has 2 rings (SSSR count). The second kappa shape index (κ2) is 3.38. The van der Waals surface area contributed by atoms with E-state index in [4.69, 9.17) is 0 Å². The molecule has 0 unspecified atom stereocenters. The minimum absolute atomic E-state index is 0.130. The van der Waals surface area contributed by atoms with E-state index in [-0.39, 0.29) is 5.82 Å². The third kappa shape index (κ3) is 1.82. The SMILES string of the molecule is CC(C)CC1(c2ccc(F)cc2)CC1. The topological polar surface area (TPSA) is 0 Å². The lowest BCUT2D eigenvalue weighted by atomic mass is 9.87. The van der Waals surface area contributed by atoms with Gasteiger partial charge in [0.1, 0.15) is 5.82 Å². The Morgan fingerprint density at radius 2 is 1.79 bits per heavy atom. The zero-order valence-electron chi connectivity index (χ0n) is 8.89. The molecule has 76 valence electrons. The van der Waals surface area contributed by atoms with Crippen molar-refractivity contribution in [1.29, 1.82) is 0 Å². The first-order chi connectivity index (χ1) is 6.62. The number of benzene rings is 1. The molecule has 0 saturated heterocycles.